The first-order valence-electron chi connectivity index (χ1n) is 22.7. The Balaban J connectivity index is 0.000000203. The molecule has 2 aromatic carbocycles. The van der Waals surface area contributed by atoms with E-state index in [0.717, 1.165) is 53.1 Å². The lowest BCUT2D eigenvalue weighted by molar-refractivity contribution is 0.155. The van der Waals surface area contributed by atoms with E-state index in [2.05, 4.69) is 50.2 Å². The number of aromatic hydroxyl groups is 1. The van der Waals surface area contributed by atoms with Gasteiger partial charge in [0.25, 0.3) is 0 Å². The molecule has 0 aliphatic heterocycles. The van der Waals surface area contributed by atoms with Gasteiger partial charge < -0.3 is 14.9 Å². The van der Waals surface area contributed by atoms with Crippen LogP contribution < -0.4 is 4.74 Å². The van der Waals surface area contributed by atoms with Gasteiger partial charge in [0, 0.05) is 13.0 Å². The second kappa shape index (κ2) is 23.0. The number of rotatable bonds is 16. The third-order valence-corrected chi connectivity index (χ3v) is 14.4. The summed E-state index contributed by atoms with van der Waals surface area (Å²) in [6.07, 6.45) is 35.4. The van der Waals surface area contributed by atoms with Gasteiger partial charge in [-0.05, 0) is 160 Å². The maximum Gasteiger partial charge on any atom is 0.119 e. The quantitative estimate of drug-likeness (QED) is 0.170. The molecule has 4 fully saturated rings. The van der Waals surface area contributed by atoms with Crippen molar-refractivity contribution in [3.8, 4) is 11.5 Å². The number of phenols is 1. The Hall–Kier alpha value is -2.00. The molecule has 292 valence electrons. The summed E-state index contributed by atoms with van der Waals surface area (Å²) in [5.41, 5.74) is 2.93. The predicted molar refractivity (Wildman–Crippen MR) is 220 cm³/mol. The van der Waals surface area contributed by atoms with Gasteiger partial charge in [0.2, 0.25) is 0 Å². The Bertz CT molecular complexity index is 1170. The van der Waals surface area contributed by atoms with Crippen molar-refractivity contribution in [3.63, 3.8) is 0 Å². The van der Waals surface area contributed by atoms with Crippen LogP contribution in [0.1, 0.15) is 197 Å². The number of unbranched alkanes of at least 4 members (excludes halogenated alkanes) is 4. The van der Waals surface area contributed by atoms with E-state index in [-0.39, 0.29) is 6.61 Å². The van der Waals surface area contributed by atoms with Crippen LogP contribution >= 0.6 is 0 Å². The van der Waals surface area contributed by atoms with Crippen molar-refractivity contribution in [2.45, 2.75) is 186 Å². The summed E-state index contributed by atoms with van der Waals surface area (Å²) in [5, 5.41) is 18.3. The maximum atomic E-state index is 9.46. The number of benzene rings is 2. The van der Waals surface area contributed by atoms with E-state index in [0.29, 0.717) is 18.8 Å². The zero-order chi connectivity index (χ0) is 36.4. The average molecular weight is 715 g/mol. The number of phenolic OH excluding ortho intramolecular Hbond substituents is 1. The molecule has 52 heavy (non-hydrogen) atoms. The van der Waals surface area contributed by atoms with E-state index >= 15 is 0 Å². The van der Waals surface area contributed by atoms with E-state index in [1.165, 1.54) is 165 Å². The van der Waals surface area contributed by atoms with Gasteiger partial charge in [-0.3, -0.25) is 0 Å². The third kappa shape index (κ3) is 13.4. The van der Waals surface area contributed by atoms with Gasteiger partial charge in [0.15, 0.2) is 0 Å². The summed E-state index contributed by atoms with van der Waals surface area (Å²) >= 11 is 0. The normalized spacial score (nSPS) is 29.5. The summed E-state index contributed by atoms with van der Waals surface area (Å²) in [6, 6.07) is 16.7. The molecule has 0 amide bonds. The Morgan fingerprint density at radius 1 is 0.481 bits per heavy atom. The highest BCUT2D eigenvalue weighted by atomic mass is 16.5. The molecule has 4 aliphatic rings. The fourth-order valence-electron chi connectivity index (χ4n) is 10.9. The van der Waals surface area contributed by atoms with Crippen molar-refractivity contribution >= 4 is 0 Å². The highest BCUT2D eigenvalue weighted by Gasteiger charge is 2.32. The fraction of sp³-hybridized carbons (Fsp3) is 0.755. The molecular weight excluding hydrogens is 637 g/mol. The third-order valence-electron chi connectivity index (χ3n) is 14.4. The van der Waals surface area contributed by atoms with E-state index in [1.54, 1.807) is 0 Å². The van der Waals surface area contributed by atoms with Crippen molar-refractivity contribution in [2.75, 3.05) is 13.2 Å². The van der Waals surface area contributed by atoms with Crippen molar-refractivity contribution in [1.29, 1.82) is 0 Å². The molecular formula is C49H78O3. The molecule has 0 bridgehead atoms. The van der Waals surface area contributed by atoms with Crippen LogP contribution in [0.15, 0.2) is 48.5 Å². The molecule has 3 nitrogen and oxygen atoms in total. The molecule has 0 saturated heterocycles. The summed E-state index contributed by atoms with van der Waals surface area (Å²) in [4.78, 5) is 0. The molecule has 0 aromatic heterocycles. The van der Waals surface area contributed by atoms with E-state index in [4.69, 9.17) is 9.84 Å². The van der Waals surface area contributed by atoms with E-state index in [9.17, 15) is 5.11 Å². The Morgan fingerprint density at radius 3 is 1.25 bits per heavy atom. The zero-order valence-electron chi connectivity index (χ0n) is 33.6. The zero-order valence-corrected chi connectivity index (χ0v) is 33.6. The standard InChI is InChI=1S/C26H42O2.C23H36O/c1-2-3-4-6-21-7-9-22(10-8-21)23-11-13-24(14-12-23)25-15-17-26(18-16-25)28-20-5-19-27;1-2-3-4-5-18-6-8-19(9-7-18)20-10-12-21(13-11-20)22-14-16-23(24)17-15-22/h15-18,21-24,27H,2-14,19-20H2,1H3;14-21,24H,2-13H2,1H3. The number of ether oxygens (including phenoxy) is 1. The van der Waals surface area contributed by atoms with E-state index < -0.39 is 0 Å². The Morgan fingerprint density at radius 2 is 0.865 bits per heavy atom. The molecule has 0 heterocycles. The minimum Gasteiger partial charge on any atom is -0.508 e. The number of aliphatic hydroxyl groups is 1. The van der Waals surface area contributed by atoms with Gasteiger partial charge in [-0.1, -0.05) is 115 Å². The number of aliphatic hydroxyl groups excluding tert-OH is 1. The first kappa shape index (κ1) is 41.2. The molecule has 0 radical (unpaired) electrons. The van der Waals surface area contributed by atoms with Crippen molar-refractivity contribution < 1.29 is 14.9 Å². The molecule has 0 atom stereocenters. The van der Waals surface area contributed by atoms with Crippen molar-refractivity contribution in [3.05, 3.63) is 59.7 Å². The molecule has 6 rings (SSSR count). The molecule has 2 aromatic rings. The van der Waals surface area contributed by atoms with Gasteiger partial charge in [0.05, 0.1) is 6.61 Å². The molecule has 0 spiro atoms. The Labute approximate surface area is 320 Å². The molecule has 2 N–H and O–H groups in total. The summed E-state index contributed by atoms with van der Waals surface area (Å²) < 4.78 is 5.66. The molecule has 3 heteroatoms. The lowest BCUT2D eigenvalue weighted by atomic mass is 9.68. The Kier molecular flexibility index (Phi) is 18.2. The van der Waals surface area contributed by atoms with Crippen LogP contribution in [-0.4, -0.2) is 23.4 Å². The summed E-state index contributed by atoms with van der Waals surface area (Å²) in [5.74, 6) is 8.91. The van der Waals surface area contributed by atoms with E-state index in [1.807, 2.05) is 12.1 Å². The number of hydrogen-bond donors (Lipinski definition) is 2. The minimum atomic E-state index is 0.196. The van der Waals surface area contributed by atoms with Crippen LogP contribution in [0.5, 0.6) is 11.5 Å². The fourth-order valence-corrected chi connectivity index (χ4v) is 10.9. The summed E-state index contributed by atoms with van der Waals surface area (Å²) in [7, 11) is 0. The molecule has 0 unspecified atom stereocenters. The van der Waals surface area contributed by atoms with Gasteiger partial charge in [-0.15, -0.1) is 0 Å². The molecule has 4 saturated carbocycles. The highest BCUT2D eigenvalue weighted by Crippen LogP contribution is 2.46. The highest BCUT2D eigenvalue weighted by molar-refractivity contribution is 5.30. The first-order valence-corrected chi connectivity index (χ1v) is 22.7. The van der Waals surface area contributed by atoms with Crippen LogP contribution in [0.25, 0.3) is 0 Å². The van der Waals surface area contributed by atoms with Crippen molar-refractivity contribution in [2.24, 2.45) is 35.5 Å². The second-order valence-electron chi connectivity index (χ2n) is 17.9. The van der Waals surface area contributed by atoms with Gasteiger partial charge in [0.1, 0.15) is 11.5 Å². The van der Waals surface area contributed by atoms with Crippen LogP contribution in [0, 0.1) is 35.5 Å². The predicted octanol–water partition coefficient (Wildman–Crippen LogP) is 14.2. The largest absolute Gasteiger partial charge is 0.508 e. The molecule has 4 aliphatic carbocycles. The topological polar surface area (TPSA) is 49.7 Å². The summed E-state index contributed by atoms with van der Waals surface area (Å²) in [6.45, 7) is 5.42. The average Bonchev–Trinajstić information content (AvgIpc) is 3.20. The second-order valence-corrected chi connectivity index (χ2v) is 17.9. The lowest BCUT2D eigenvalue weighted by Gasteiger charge is -2.38. The van der Waals surface area contributed by atoms with Gasteiger partial charge in [-0.25, -0.2) is 0 Å². The van der Waals surface area contributed by atoms with Crippen LogP contribution in [0.4, 0.5) is 0 Å². The lowest BCUT2D eigenvalue weighted by Crippen LogP contribution is -2.25. The van der Waals surface area contributed by atoms with Crippen LogP contribution in [0.2, 0.25) is 0 Å². The van der Waals surface area contributed by atoms with Gasteiger partial charge in [-0.2, -0.15) is 0 Å². The smallest absolute Gasteiger partial charge is 0.119 e. The maximum absolute atomic E-state index is 9.46. The van der Waals surface area contributed by atoms with Crippen molar-refractivity contribution in [1.82, 2.24) is 0 Å². The minimum absolute atomic E-state index is 0.196. The van der Waals surface area contributed by atoms with Crippen LogP contribution in [0.3, 0.4) is 0 Å². The first-order chi connectivity index (χ1) is 25.6. The SMILES string of the molecule is CCCCCC1CCC(C2CCC(c3ccc(O)cc3)CC2)CC1.CCCCCC1CCC(C2CCC(c3ccc(OCCCO)cc3)CC2)CC1. The number of hydrogen-bond acceptors (Lipinski definition) is 3. The monoisotopic (exact) mass is 715 g/mol. The van der Waals surface area contributed by atoms with Crippen LogP contribution in [-0.2, 0) is 0 Å². The van der Waals surface area contributed by atoms with Gasteiger partial charge >= 0.3 is 0 Å².